The highest BCUT2D eigenvalue weighted by molar-refractivity contribution is 7.80. The first kappa shape index (κ1) is 12.4. The average Bonchev–Trinajstić information content (AvgIpc) is 2.39. The van der Waals surface area contributed by atoms with E-state index < -0.39 is 0 Å². The minimum absolute atomic E-state index is 0.318. The van der Waals surface area contributed by atoms with E-state index in [9.17, 15) is 0 Å². The highest BCUT2D eigenvalue weighted by atomic mass is 32.1. The molecule has 0 aliphatic rings. The highest BCUT2D eigenvalue weighted by Gasteiger charge is 2.12. The van der Waals surface area contributed by atoms with Crippen LogP contribution in [0.15, 0.2) is 36.5 Å². The zero-order valence-corrected chi connectivity index (χ0v) is 11.1. The van der Waals surface area contributed by atoms with Gasteiger partial charge in [0, 0.05) is 12.7 Å². The van der Waals surface area contributed by atoms with Gasteiger partial charge in [0.2, 0.25) is 0 Å². The van der Waals surface area contributed by atoms with Crippen molar-refractivity contribution in [2.75, 3.05) is 11.9 Å². The van der Waals surface area contributed by atoms with Gasteiger partial charge in [0.1, 0.15) is 4.99 Å². The topological polar surface area (TPSA) is 55.0 Å². The molecule has 0 saturated heterocycles. The first-order chi connectivity index (χ1) is 8.59. The van der Waals surface area contributed by atoms with Crippen molar-refractivity contribution in [3.63, 3.8) is 0 Å². The van der Waals surface area contributed by atoms with Crippen LogP contribution in [0, 0.1) is 6.92 Å². The third-order valence-corrected chi connectivity index (χ3v) is 2.93. The van der Waals surface area contributed by atoms with Crippen molar-refractivity contribution in [3.05, 3.63) is 47.7 Å². The second-order valence-corrected chi connectivity index (χ2v) is 4.47. The first-order valence-corrected chi connectivity index (χ1v) is 5.92. The molecule has 0 aliphatic carbocycles. The Kier molecular flexibility index (Phi) is 3.53. The van der Waals surface area contributed by atoms with Crippen LogP contribution in [0.25, 0.3) is 0 Å². The number of nitrogens with zero attached hydrogens (tertiary/aromatic N) is 3. The smallest absolute Gasteiger partial charge is 0.165 e. The Morgan fingerprint density at radius 2 is 1.89 bits per heavy atom. The molecule has 4 nitrogen and oxygen atoms in total. The van der Waals surface area contributed by atoms with Crippen molar-refractivity contribution in [1.29, 1.82) is 0 Å². The summed E-state index contributed by atoms with van der Waals surface area (Å²) in [7, 11) is 1.91. The second-order valence-electron chi connectivity index (χ2n) is 4.03. The largest absolute Gasteiger partial charge is 0.389 e. The standard InChI is InChI=1S/C13H14N4S/c1-9-3-5-10(6-4-9)17(2)13-11(12(14)18)7-8-15-16-13/h3-8H,1-2H3,(H2,14,18). The van der Waals surface area contributed by atoms with Crippen LogP contribution in [0.5, 0.6) is 0 Å². The van der Waals surface area contributed by atoms with Gasteiger partial charge in [-0.25, -0.2) is 0 Å². The Balaban J connectivity index is 2.42. The fraction of sp³-hybridized carbons (Fsp3) is 0.154. The van der Waals surface area contributed by atoms with Crippen molar-refractivity contribution < 1.29 is 0 Å². The van der Waals surface area contributed by atoms with Gasteiger partial charge in [-0.1, -0.05) is 29.9 Å². The number of aromatic nitrogens is 2. The molecule has 0 atom stereocenters. The van der Waals surface area contributed by atoms with Crippen LogP contribution < -0.4 is 10.6 Å². The van der Waals surface area contributed by atoms with E-state index >= 15 is 0 Å². The zero-order chi connectivity index (χ0) is 13.1. The number of thiocarbonyl (C=S) groups is 1. The summed E-state index contributed by atoms with van der Waals surface area (Å²) in [6.45, 7) is 2.05. The van der Waals surface area contributed by atoms with Crippen molar-refractivity contribution in [1.82, 2.24) is 10.2 Å². The molecule has 2 rings (SSSR count). The number of nitrogens with two attached hydrogens (primary N) is 1. The molecule has 0 saturated carbocycles. The van der Waals surface area contributed by atoms with Crippen molar-refractivity contribution in [3.8, 4) is 0 Å². The van der Waals surface area contributed by atoms with E-state index in [2.05, 4.69) is 10.2 Å². The van der Waals surface area contributed by atoms with Gasteiger partial charge in [0.15, 0.2) is 5.82 Å². The van der Waals surface area contributed by atoms with E-state index in [1.54, 1.807) is 12.3 Å². The Bertz CT molecular complexity index is 565. The van der Waals surface area contributed by atoms with E-state index in [1.807, 2.05) is 43.1 Å². The molecule has 0 bridgehead atoms. The van der Waals surface area contributed by atoms with Gasteiger partial charge in [-0.2, -0.15) is 5.10 Å². The summed E-state index contributed by atoms with van der Waals surface area (Å²) in [6, 6.07) is 9.90. The molecule has 1 aromatic carbocycles. The van der Waals surface area contributed by atoms with Gasteiger partial charge >= 0.3 is 0 Å². The average molecular weight is 258 g/mol. The monoisotopic (exact) mass is 258 g/mol. The fourth-order valence-electron chi connectivity index (χ4n) is 1.66. The van der Waals surface area contributed by atoms with Crippen LogP contribution in [0.3, 0.4) is 0 Å². The Hall–Kier alpha value is -2.01. The van der Waals surface area contributed by atoms with Crippen LogP contribution in [0.1, 0.15) is 11.1 Å². The maximum Gasteiger partial charge on any atom is 0.165 e. The summed E-state index contributed by atoms with van der Waals surface area (Å²) in [6.07, 6.45) is 1.58. The van der Waals surface area contributed by atoms with Crippen LogP contribution >= 0.6 is 12.2 Å². The molecule has 18 heavy (non-hydrogen) atoms. The molecule has 1 aromatic heterocycles. The van der Waals surface area contributed by atoms with E-state index in [4.69, 9.17) is 18.0 Å². The molecule has 0 radical (unpaired) electrons. The lowest BCUT2D eigenvalue weighted by Crippen LogP contribution is -2.19. The molecular formula is C13H14N4S. The minimum atomic E-state index is 0.318. The molecule has 92 valence electrons. The third kappa shape index (κ3) is 2.46. The lowest BCUT2D eigenvalue weighted by atomic mass is 10.2. The maximum atomic E-state index is 5.69. The maximum absolute atomic E-state index is 5.69. The zero-order valence-electron chi connectivity index (χ0n) is 10.3. The van der Waals surface area contributed by atoms with Gasteiger partial charge < -0.3 is 10.6 Å². The molecule has 1 heterocycles. The van der Waals surface area contributed by atoms with Crippen LogP contribution in [-0.2, 0) is 0 Å². The van der Waals surface area contributed by atoms with Crippen molar-refractivity contribution in [2.24, 2.45) is 5.73 Å². The number of hydrogen-bond acceptors (Lipinski definition) is 4. The minimum Gasteiger partial charge on any atom is -0.389 e. The predicted octanol–water partition coefficient (Wildman–Crippen LogP) is 2.19. The first-order valence-electron chi connectivity index (χ1n) is 5.51. The third-order valence-electron chi connectivity index (χ3n) is 2.71. The van der Waals surface area contributed by atoms with Crippen LogP contribution in [0.2, 0.25) is 0 Å². The Morgan fingerprint density at radius 1 is 1.22 bits per heavy atom. The van der Waals surface area contributed by atoms with Crippen LogP contribution in [0.4, 0.5) is 11.5 Å². The van der Waals surface area contributed by atoms with E-state index in [-0.39, 0.29) is 0 Å². The molecule has 0 fully saturated rings. The molecule has 5 heteroatoms. The predicted molar refractivity (Wildman–Crippen MR) is 77.2 cm³/mol. The summed E-state index contributed by atoms with van der Waals surface area (Å²) in [5, 5.41) is 7.99. The lowest BCUT2D eigenvalue weighted by Gasteiger charge is -2.20. The van der Waals surface area contributed by atoms with Crippen molar-refractivity contribution >= 4 is 28.7 Å². The summed E-state index contributed by atoms with van der Waals surface area (Å²) in [4.78, 5) is 2.24. The summed E-state index contributed by atoms with van der Waals surface area (Å²) in [5.41, 5.74) is 8.64. The number of aryl methyl sites for hydroxylation is 1. The number of hydrogen-bond donors (Lipinski definition) is 1. The molecule has 2 aromatic rings. The number of rotatable bonds is 3. The molecule has 0 aliphatic heterocycles. The lowest BCUT2D eigenvalue weighted by molar-refractivity contribution is 0.983. The van der Waals surface area contributed by atoms with Crippen molar-refractivity contribution in [2.45, 2.75) is 6.92 Å². The Labute approximate surface area is 111 Å². The van der Waals surface area contributed by atoms with Crippen LogP contribution in [-0.4, -0.2) is 22.2 Å². The van der Waals surface area contributed by atoms with Gasteiger partial charge in [-0.15, -0.1) is 5.10 Å². The molecule has 2 N–H and O–H groups in total. The fourth-order valence-corrected chi connectivity index (χ4v) is 1.81. The van der Waals surface area contributed by atoms with E-state index in [1.165, 1.54) is 5.56 Å². The number of benzene rings is 1. The molecule has 0 unspecified atom stereocenters. The molecular weight excluding hydrogens is 244 g/mol. The SMILES string of the molecule is Cc1ccc(N(C)c2nnccc2C(N)=S)cc1. The molecule has 0 spiro atoms. The summed E-state index contributed by atoms with van der Waals surface area (Å²) in [5.74, 6) is 0.661. The van der Waals surface area contributed by atoms with Gasteiger partial charge in [-0.05, 0) is 25.1 Å². The summed E-state index contributed by atoms with van der Waals surface area (Å²) >= 11 is 5.02. The van der Waals surface area contributed by atoms with Gasteiger partial charge in [0.05, 0.1) is 11.8 Å². The second kappa shape index (κ2) is 5.10. The quantitative estimate of drug-likeness (QED) is 0.855. The van der Waals surface area contributed by atoms with E-state index in [0.29, 0.717) is 10.8 Å². The highest BCUT2D eigenvalue weighted by Crippen LogP contribution is 2.24. The normalized spacial score (nSPS) is 10.1. The van der Waals surface area contributed by atoms with E-state index in [0.717, 1.165) is 11.3 Å². The summed E-state index contributed by atoms with van der Waals surface area (Å²) < 4.78 is 0. The Morgan fingerprint density at radius 3 is 2.50 bits per heavy atom. The number of anilines is 2. The van der Waals surface area contributed by atoms with Gasteiger partial charge in [0.25, 0.3) is 0 Å². The molecule has 0 amide bonds. The van der Waals surface area contributed by atoms with Gasteiger partial charge in [-0.3, -0.25) is 0 Å².